The summed E-state index contributed by atoms with van der Waals surface area (Å²) >= 11 is 12.2. The molecule has 1 aliphatic rings. The van der Waals surface area contributed by atoms with Gasteiger partial charge < -0.3 is 10.1 Å². The molecule has 1 fully saturated rings. The topological polar surface area (TPSA) is 54.5 Å². The van der Waals surface area contributed by atoms with Gasteiger partial charge in [0.05, 0.1) is 13.2 Å². The molecule has 2 aromatic carbocycles. The number of nitrogens with zero attached hydrogens (tertiary/aromatic N) is 2. The summed E-state index contributed by atoms with van der Waals surface area (Å²) in [7, 11) is 0. The monoisotopic (exact) mass is 497 g/mol. The van der Waals surface area contributed by atoms with Crippen LogP contribution in [-0.2, 0) is 16.0 Å². The first kappa shape index (κ1) is 24.7. The van der Waals surface area contributed by atoms with Crippen molar-refractivity contribution in [3.8, 4) is 0 Å². The molecule has 0 aliphatic carbocycles. The maximum atomic E-state index is 13.7. The first-order valence-electron chi connectivity index (χ1n) is 11.5. The van der Waals surface area contributed by atoms with Gasteiger partial charge >= 0.3 is 0 Å². The molecule has 1 unspecified atom stereocenters. The molecular weight excluding hydrogens is 469 g/mol. The van der Waals surface area contributed by atoms with Crippen LogP contribution in [0.2, 0.25) is 10.0 Å². The quantitative estimate of drug-likeness (QED) is 0.459. The molecule has 7 heteroatoms. The van der Waals surface area contributed by atoms with Gasteiger partial charge in [0, 0.05) is 47.5 Å². The van der Waals surface area contributed by atoms with Gasteiger partial charge in [-0.2, -0.15) is 0 Å². The number of ether oxygens (including phenoxy) is 1. The molecule has 0 radical (unpaired) electrons. The third-order valence-corrected chi connectivity index (χ3v) is 6.80. The van der Waals surface area contributed by atoms with Crippen LogP contribution in [0.15, 0.2) is 73.1 Å². The molecule has 1 N–H and O–H groups in total. The molecule has 2 heterocycles. The lowest BCUT2D eigenvalue weighted by atomic mass is 9.86. The molecule has 1 amide bonds. The van der Waals surface area contributed by atoms with E-state index in [4.69, 9.17) is 27.9 Å². The number of rotatable bonds is 8. The molecular formula is C27H29Cl2N3O2. The summed E-state index contributed by atoms with van der Waals surface area (Å²) in [5.74, 6) is 0.0269. The molecule has 0 bridgehead atoms. The van der Waals surface area contributed by atoms with E-state index in [1.54, 1.807) is 12.4 Å². The van der Waals surface area contributed by atoms with Crippen LogP contribution in [0.25, 0.3) is 0 Å². The van der Waals surface area contributed by atoms with Crippen molar-refractivity contribution in [1.29, 1.82) is 0 Å². The maximum Gasteiger partial charge on any atom is 0.242 e. The van der Waals surface area contributed by atoms with Crippen LogP contribution in [0.3, 0.4) is 0 Å². The SMILES string of the molecule is C[C@@H](NC(=O)C(c1cccnc1)N1CCOCC1)[C@H](Cc1ccc(Cl)cc1)c1ccc(Cl)cc1. The van der Waals surface area contributed by atoms with Crippen LogP contribution >= 0.6 is 23.2 Å². The fourth-order valence-electron chi connectivity index (χ4n) is 4.47. The molecule has 5 nitrogen and oxygen atoms in total. The Morgan fingerprint density at radius 2 is 1.65 bits per heavy atom. The Morgan fingerprint density at radius 3 is 2.26 bits per heavy atom. The highest BCUT2D eigenvalue weighted by Crippen LogP contribution is 2.28. The zero-order valence-corrected chi connectivity index (χ0v) is 20.7. The lowest BCUT2D eigenvalue weighted by Crippen LogP contribution is -2.48. The van der Waals surface area contributed by atoms with Crippen LogP contribution in [0.5, 0.6) is 0 Å². The lowest BCUT2D eigenvalue weighted by Gasteiger charge is -2.35. The third-order valence-electron chi connectivity index (χ3n) is 6.30. The highest BCUT2D eigenvalue weighted by atomic mass is 35.5. The Balaban J connectivity index is 1.58. The molecule has 3 atom stereocenters. The molecule has 0 spiro atoms. The predicted molar refractivity (Wildman–Crippen MR) is 136 cm³/mol. The number of nitrogens with one attached hydrogen (secondary N) is 1. The van der Waals surface area contributed by atoms with Crippen LogP contribution < -0.4 is 5.32 Å². The van der Waals surface area contributed by atoms with Gasteiger partial charge in [0.2, 0.25) is 5.91 Å². The smallest absolute Gasteiger partial charge is 0.242 e. The first-order chi connectivity index (χ1) is 16.5. The highest BCUT2D eigenvalue weighted by Gasteiger charge is 2.31. The standard InChI is InChI=1S/C27H29Cl2N3O2/c1-19(25(21-6-10-24(29)11-7-21)17-20-4-8-23(28)9-5-20)31-27(33)26(22-3-2-12-30-18-22)32-13-15-34-16-14-32/h2-12,18-19,25-26H,13-17H2,1H3,(H,31,33)/t19-,25+,26?/m1/s1. The first-order valence-corrected chi connectivity index (χ1v) is 12.3. The van der Waals surface area contributed by atoms with E-state index in [1.165, 1.54) is 0 Å². The Kier molecular flexibility index (Phi) is 8.57. The average Bonchev–Trinajstić information content (AvgIpc) is 2.86. The Bertz CT molecular complexity index is 1060. The Morgan fingerprint density at radius 1 is 1.00 bits per heavy atom. The Labute approximate surface area is 211 Å². The van der Waals surface area contributed by atoms with Crippen molar-refractivity contribution in [3.05, 3.63) is 99.8 Å². The molecule has 1 saturated heterocycles. The summed E-state index contributed by atoms with van der Waals surface area (Å²) in [6, 6.07) is 19.0. The van der Waals surface area contributed by atoms with Gasteiger partial charge in [-0.3, -0.25) is 14.7 Å². The van der Waals surface area contributed by atoms with Crippen molar-refractivity contribution in [2.24, 2.45) is 0 Å². The highest BCUT2D eigenvalue weighted by molar-refractivity contribution is 6.30. The minimum Gasteiger partial charge on any atom is -0.379 e. The zero-order chi connectivity index (χ0) is 23.9. The molecule has 1 aliphatic heterocycles. The molecule has 1 aromatic heterocycles. The van der Waals surface area contributed by atoms with Crippen molar-refractivity contribution >= 4 is 29.1 Å². The van der Waals surface area contributed by atoms with E-state index < -0.39 is 6.04 Å². The largest absolute Gasteiger partial charge is 0.379 e. The minimum absolute atomic E-state index is 0.0301. The van der Waals surface area contributed by atoms with Crippen molar-refractivity contribution in [2.75, 3.05) is 26.3 Å². The lowest BCUT2D eigenvalue weighted by molar-refractivity contribution is -0.129. The second kappa shape index (κ2) is 11.8. The number of benzene rings is 2. The number of aromatic nitrogens is 1. The van der Waals surface area contributed by atoms with Gasteiger partial charge in [0.1, 0.15) is 6.04 Å². The molecule has 34 heavy (non-hydrogen) atoms. The maximum absolute atomic E-state index is 13.7. The second-order valence-electron chi connectivity index (χ2n) is 8.62. The van der Waals surface area contributed by atoms with Crippen molar-refractivity contribution in [2.45, 2.75) is 31.3 Å². The van der Waals surface area contributed by atoms with E-state index in [1.807, 2.05) is 60.7 Å². The van der Waals surface area contributed by atoms with E-state index >= 15 is 0 Å². The van der Waals surface area contributed by atoms with Crippen LogP contribution in [0.1, 0.15) is 35.6 Å². The summed E-state index contributed by atoms with van der Waals surface area (Å²) < 4.78 is 5.52. The number of hydrogen-bond donors (Lipinski definition) is 1. The summed E-state index contributed by atoms with van der Waals surface area (Å²) in [4.78, 5) is 20.1. The van der Waals surface area contributed by atoms with Gasteiger partial charge in [-0.1, -0.05) is 53.5 Å². The van der Waals surface area contributed by atoms with Gasteiger partial charge in [0.25, 0.3) is 0 Å². The fraction of sp³-hybridized carbons (Fsp3) is 0.333. The summed E-state index contributed by atoms with van der Waals surface area (Å²) in [5.41, 5.74) is 3.16. The van der Waals surface area contributed by atoms with Crippen LogP contribution in [-0.4, -0.2) is 48.1 Å². The Hall–Kier alpha value is -2.44. The summed E-state index contributed by atoms with van der Waals surface area (Å²) in [5, 5.41) is 4.71. The van der Waals surface area contributed by atoms with Crippen LogP contribution in [0, 0.1) is 0 Å². The zero-order valence-electron chi connectivity index (χ0n) is 19.2. The number of halogens is 2. The van der Waals surface area contributed by atoms with Crippen molar-refractivity contribution < 1.29 is 9.53 Å². The van der Waals surface area contributed by atoms with Gasteiger partial charge in [-0.15, -0.1) is 0 Å². The number of amides is 1. The normalized spacial score (nSPS) is 17.0. The molecule has 3 aromatic rings. The van der Waals surface area contributed by atoms with Crippen molar-refractivity contribution in [1.82, 2.24) is 15.2 Å². The minimum atomic E-state index is -0.415. The van der Waals surface area contributed by atoms with E-state index in [-0.39, 0.29) is 17.9 Å². The fourth-order valence-corrected chi connectivity index (χ4v) is 4.72. The van der Waals surface area contributed by atoms with E-state index in [0.29, 0.717) is 36.3 Å². The summed E-state index contributed by atoms with van der Waals surface area (Å²) in [6.45, 7) is 4.69. The molecule has 0 saturated carbocycles. The van der Waals surface area contributed by atoms with Gasteiger partial charge in [-0.05, 0) is 60.4 Å². The number of morpholine rings is 1. The van der Waals surface area contributed by atoms with Crippen molar-refractivity contribution in [3.63, 3.8) is 0 Å². The summed E-state index contributed by atoms with van der Waals surface area (Å²) in [6.07, 6.45) is 4.26. The molecule has 4 rings (SSSR count). The van der Waals surface area contributed by atoms with E-state index in [2.05, 4.69) is 22.1 Å². The van der Waals surface area contributed by atoms with Gasteiger partial charge in [0.15, 0.2) is 0 Å². The van der Waals surface area contributed by atoms with E-state index in [9.17, 15) is 4.79 Å². The number of pyridine rings is 1. The predicted octanol–water partition coefficient (Wildman–Crippen LogP) is 5.29. The molecule has 178 valence electrons. The van der Waals surface area contributed by atoms with Gasteiger partial charge in [-0.25, -0.2) is 0 Å². The number of carbonyl (C=O) groups is 1. The average molecular weight is 498 g/mol. The third kappa shape index (κ3) is 6.36. The van der Waals surface area contributed by atoms with E-state index in [0.717, 1.165) is 23.1 Å². The second-order valence-corrected chi connectivity index (χ2v) is 9.50. The van der Waals surface area contributed by atoms with Crippen LogP contribution in [0.4, 0.5) is 0 Å². The number of hydrogen-bond acceptors (Lipinski definition) is 4. The number of carbonyl (C=O) groups excluding carboxylic acids is 1.